The quantitative estimate of drug-likeness (QED) is 0.915. The van der Waals surface area contributed by atoms with Crippen molar-refractivity contribution in [3.63, 3.8) is 0 Å². The van der Waals surface area contributed by atoms with Crippen molar-refractivity contribution in [3.8, 4) is 5.75 Å². The third kappa shape index (κ3) is 4.07. The fraction of sp³-hybridized carbons (Fsp3) is 0.333. The van der Waals surface area contributed by atoms with Gasteiger partial charge in [-0.15, -0.1) is 0 Å². The maximum Gasteiger partial charge on any atom is 0.228 e. The second-order valence-corrected chi connectivity index (χ2v) is 5.64. The predicted octanol–water partition coefficient (Wildman–Crippen LogP) is 3.70. The monoisotopic (exact) mass is 298 g/mol. The molecule has 1 N–H and O–H groups in total. The Morgan fingerprint density at radius 2 is 2.05 bits per heavy atom. The summed E-state index contributed by atoms with van der Waals surface area (Å²) in [5, 5.41) is 2.89. The Morgan fingerprint density at radius 1 is 1.27 bits per heavy atom. The lowest BCUT2D eigenvalue weighted by Gasteiger charge is -2.13. The van der Waals surface area contributed by atoms with Crippen molar-refractivity contribution in [2.75, 3.05) is 12.4 Å². The number of aryl methyl sites for hydroxylation is 1. The number of aromatic nitrogens is 1. The molecule has 22 heavy (non-hydrogen) atoms. The Bertz CT molecular complexity index is 666. The summed E-state index contributed by atoms with van der Waals surface area (Å²) in [6, 6.07) is 9.64. The van der Waals surface area contributed by atoms with Crippen molar-refractivity contribution < 1.29 is 9.53 Å². The number of ether oxygens (including phenoxy) is 1. The van der Waals surface area contributed by atoms with E-state index in [9.17, 15) is 4.79 Å². The van der Waals surface area contributed by atoms with Crippen LogP contribution in [-0.4, -0.2) is 18.0 Å². The first kappa shape index (κ1) is 16.0. The van der Waals surface area contributed by atoms with Crippen LogP contribution in [-0.2, 0) is 11.2 Å². The summed E-state index contributed by atoms with van der Waals surface area (Å²) < 4.78 is 5.42. The van der Waals surface area contributed by atoms with Gasteiger partial charge in [-0.25, -0.2) is 0 Å². The van der Waals surface area contributed by atoms with Gasteiger partial charge in [-0.05, 0) is 36.6 Å². The van der Waals surface area contributed by atoms with Gasteiger partial charge >= 0.3 is 0 Å². The van der Waals surface area contributed by atoms with Crippen molar-refractivity contribution in [2.45, 2.75) is 33.1 Å². The lowest BCUT2D eigenvalue weighted by Crippen LogP contribution is -2.15. The molecule has 2 aromatic rings. The molecular formula is C18H22N2O2. The van der Waals surface area contributed by atoms with E-state index in [2.05, 4.69) is 24.1 Å². The van der Waals surface area contributed by atoms with Crippen LogP contribution in [0.5, 0.6) is 5.75 Å². The second-order valence-electron chi connectivity index (χ2n) is 5.64. The maximum absolute atomic E-state index is 12.2. The molecule has 0 radical (unpaired) electrons. The van der Waals surface area contributed by atoms with Crippen molar-refractivity contribution in [2.24, 2.45) is 0 Å². The lowest BCUT2D eigenvalue weighted by molar-refractivity contribution is -0.115. The molecule has 2 rings (SSSR count). The highest BCUT2D eigenvalue weighted by molar-refractivity contribution is 5.92. The van der Waals surface area contributed by atoms with Gasteiger partial charge in [-0.2, -0.15) is 0 Å². The van der Waals surface area contributed by atoms with E-state index in [4.69, 9.17) is 4.74 Å². The topological polar surface area (TPSA) is 51.2 Å². The molecule has 0 unspecified atom stereocenters. The van der Waals surface area contributed by atoms with Crippen LogP contribution in [0.4, 0.5) is 5.69 Å². The predicted molar refractivity (Wildman–Crippen MR) is 88.4 cm³/mol. The number of carbonyl (C=O) groups excluding carboxylic acids is 1. The Morgan fingerprint density at radius 3 is 2.68 bits per heavy atom. The van der Waals surface area contributed by atoms with Crippen LogP contribution in [0.15, 0.2) is 36.5 Å². The molecule has 0 atom stereocenters. The van der Waals surface area contributed by atoms with E-state index in [0.717, 1.165) is 22.7 Å². The molecule has 1 aromatic heterocycles. The average Bonchev–Trinajstić information content (AvgIpc) is 2.47. The smallest absolute Gasteiger partial charge is 0.228 e. The number of hydrogen-bond acceptors (Lipinski definition) is 3. The zero-order valence-electron chi connectivity index (χ0n) is 13.5. The normalized spacial score (nSPS) is 10.6. The van der Waals surface area contributed by atoms with Crippen LogP contribution in [0.1, 0.15) is 36.6 Å². The molecular weight excluding hydrogens is 276 g/mol. The Hall–Kier alpha value is -2.36. The summed E-state index contributed by atoms with van der Waals surface area (Å²) in [5.41, 5.74) is 3.72. The highest BCUT2D eigenvalue weighted by atomic mass is 16.5. The van der Waals surface area contributed by atoms with Gasteiger partial charge < -0.3 is 10.1 Å². The van der Waals surface area contributed by atoms with Crippen LogP contribution in [0.2, 0.25) is 0 Å². The fourth-order valence-electron chi connectivity index (χ4n) is 2.27. The van der Waals surface area contributed by atoms with E-state index in [1.165, 1.54) is 5.56 Å². The number of nitrogens with one attached hydrogen (secondary N) is 1. The third-order valence-electron chi connectivity index (χ3n) is 3.51. The molecule has 0 saturated heterocycles. The summed E-state index contributed by atoms with van der Waals surface area (Å²) in [7, 11) is 1.63. The SMILES string of the molecule is COc1cc(C(C)C)ccc1CC(=O)Nc1ccnc(C)c1. The minimum atomic E-state index is -0.0683. The number of methoxy groups -OCH3 is 1. The molecule has 0 saturated carbocycles. The van der Waals surface area contributed by atoms with Crippen LogP contribution in [0, 0.1) is 6.92 Å². The molecule has 1 amide bonds. The molecule has 4 heteroatoms. The molecule has 0 aliphatic carbocycles. The Labute approximate surface area is 131 Å². The minimum absolute atomic E-state index is 0.0683. The van der Waals surface area contributed by atoms with Gasteiger partial charge in [0.15, 0.2) is 0 Å². The first-order valence-corrected chi connectivity index (χ1v) is 7.39. The molecule has 116 valence electrons. The molecule has 4 nitrogen and oxygen atoms in total. The van der Waals surface area contributed by atoms with Crippen LogP contribution in [0.3, 0.4) is 0 Å². The van der Waals surface area contributed by atoms with Gasteiger partial charge in [0.2, 0.25) is 5.91 Å². The number of pyridine rings is 1. The number of benzene rings is 1. The van der Waals surface area contributed by atoms with Gasteiger partial charge in [0.1, 0.15) is 5.75 Å². The Balaban J connectivity index is 2.11. The van der Waals surface area contributed by atoms with E-state index in [1.807, 2.05) is 31.2 Å². The zero-order valence-corrected chi connectivity index (χ0v) is 13.5. The summed E-state index contributed by atoms with van der Waals surface area (Å²) in [5.74, 6) is 1.12. The Kier molecular flexibility index (Phi) is 5.15. The van der Waals surface area contributed by atoms with Gasteiger partial charge in [0.25, 0.3) is 0 Å². The van der Waals surface area contributed by atoms with Crippen molar-refractivity contribution >= 4 is 11.6 Å². The summed E-state index contributed by atoms with van der Waals surface area (Å²) in [6.45, 7) is 6.16. The van der Waals surface area contributed by atoms with Gasteiger partial charge in [-0.1, -0.05) is 26.0 Å². The summed E-state index contributed by atoms with van der Waals surface area (Å²) in [4.78, 5) is 16.3. The van der Waals surface area contributed by atoms with Gasteiger partial charge in [0, 0.05) is 23.1 Å². The van der Waals surface area contributed by atoms with Crippen LogP contribution >= 0.6 is 0 Å². The largest absolute Gasteiger partial charge is 0.496 e. The zero-order chi connectivity index (χ0) is 16.1. The minimum Gasteiger partial charge on any atom is -0.496 e. The number of anilines is 1. The van der Waals surface area contributed by atoms with E-state index < -0.39 is 0 Å². The molecule has 0 aliphatic heterocycles. The average molecular weight is 298 g/mol. The number of carbonyl (C=O) groups is 1. The third-order valence-corrected chi connectivity index (χ3v) is 3.51. The first-order valence-electron chi connectivity index (χ1n) is 7.39. The van der Waals surface area contributed by atoms with Crippen LogP contribution in [0.25, 0.3) is 0 Å². The van der Waals surface area contributed by atoms with Crippen molar-refractivity contribution in [3.05, 3.63) is 53.3 Å². The number of hydrogen-bond donors (Lipinski definition) is 1. The molecule has 0 spiro atoms. The van der Waals surface area contributed by atoms with E-state index in [1.54, 1.807) is 19.4 Å². The number of rotatable bonds is 5. The maximum atomic E-state index is 12.2. The molecule has 0 bridgehead atoms. The summed E-state index contributed by atoms with van der Waals surface area (Å²) >= 11 is 0. The van der Waals surface area contributed by atoms with Gasteiger partial charge in [0.05, 0.1) is 13.5 Å². The van der Waals surface area contributed by atoms with E-state index in [-0.39, 0.29) is 12.3 Å². The highest BCUT2D eigenvalue weighted by Crippen LogP contribution is 2.25. The van der Waals surface area contributed by atoms with E-state index >= 15 is 0 Å². The van der Waals surface area contributed by atoms with Crippen molar-refractivity contribution in [1.29, 1.82) is 0 Å². The summed E-state index contributed by atoms with van der Waals surface area (Å²) in [6.07, 6.45) is 1.96. The van der Waals surface area contributed by atoms with Gasteiger partial charge in [-0.3, -0.25) is 9.78 Å². The van der Waals surface area contributed by atoms with Crippen molar-refractivity contribution in [1.82, 2.24) is 4.98 Å². The standard InChI is InChI=1S/C18H22N2O2/c1-12(2)14-5-6-15(17(10-14)22-4)11-18(21)20-16-7-8-19-13(3)9-16/h5-10,12H,11H2,1-4H3,(H,19,20,21). The molecule has 0 fully saturated rings. The second kappa shape index (κ2) is 7.07. The first-order chi connectivity index (χ1) is 10.5. The lowest BCUT2D eigenvalue weighted by atomic mass is 9.99. The molecule has 0 aliphatic rings. The molecule has 1 heterocycles. The fourth-order valence-corrected chi connectivity index (χ4v) is 2.27. The number of amides is 1. The number of nitrogens with zero attached hydrogens (tertiary/aromatic N) is 1. The molecule has 1 aromatic carbocycles. The van der Waals surface area contributed by atoms with Crippen LogP contribution < -0.4 is 10.1 Å². The highest BCUT2D eigenvalue weighted by Gasteiger charge is 2.11. The van der Waals surface area contributed by atoms with E-state index in [0.29, 0.717) is 5.92 Å².